The van der Waals surface area contributed by atoms with E-state index in [0.29, 0.717) is 17.1 Å². The third-order valence-corrected chi connectivity index (χ3v) is 4.37. The first-order valence-corrected chi connectivity index (χ1v) is 9.05. The van der Waals surface area contributed by atoms with Crippen LogP contribution < -0.4 is 10.6 Å². The van der Waals surface area contributed by atoms with Crippen LogP contribution in [0.1, 0.15) is 35.6 Å². The first kappa shape index (κ1) is 19.6. The molecule has 3 aromatic rings. The number of imidazole rings is 1. The molecule has 7 heteroatoms. The maximum Gasteiger partial charge on any atom is 0.274 e. The number of carbonyl (C=O) groups excluding carboxylic acids is 2. The van der Waals surface area contributed by atoms with Crippen molar-refractivity contribution in [2.75, 3.05) is 11.9 Å². The van der Waals surface area contributed by atoms with Crippen LogP contribution >= 0.6 is 0 Å². The number of amides is 2. The number of hydrogen-bond acceptors (Lipinski definition) is 4. The van der Waals surface area contributed by atoms with Gasteiger partial charge in [-0.05, 0) is 50.6 Å². The molecule has 0 spiro atoms. The van der Waals surface area contributed by atoms with E-state index in [1.165, 1.54) is 0 Å². The lowest BCUT2D eigenvalue weighted by Crippen LogP contribution is -2.46. The zero-order valence-electron chi connectivity index (χ0n) is 16.2. The molecule has 0 aliphatic carbocycles. The Morgan fingerprint density at radius 1 is 1.14 bits per heavy atom. The molecule has 0 radical (unpaired) electrons. The van der Waals surface area contributed by atoms with Gasteiger partial charge in [0.15, 0.2) is 0 Å². The normalized spacial score (nSPS) is 11.4. The second kappa shape index (κ2) is 7.82. The zero-order chi connectivity index (χ0) is 20.3. The van der Waals surface area contributed by atoms with Crippen LogP contribution in [0.5, 0.6) is 0 Å². The number of carbonyl (C=O) groups is 2. The quantitative estimate of drug-likeness (QED) is 0.612. The number of fused-ring (bicyclic) bond motifs is 1. The number of nitrogens with zero attached hydrogens (tertiary/aromatic N) is 2. The monoisotopic (exact) mass is 380 g/mol. The summed E-state index contributed by atoms with van der Waals surface area (Å²) in [5.74, 6) is -0.413. The summed E-state index contributed by atoms with van der Waals surface area (Å²) in [5.41, 5.74) is 2.66. The molecule has 2 amide bonds. The van der Waals surface area contributed by atoms with E-state index in [2.05, 4.69) is 15.6 Å². The Balaban J connectivity index is 1.68. The Bertz CT molecular complexity index is 1010. The fourth-order valence-electron chi connectivity index (χ4n) is 2.93. The fraction of sp³-hybridized carbons (Fsp3) is 0.286. The highest BCUT2D eigenvalue weighted by Gasteiger charge is 2.19. The topological polar surface area (TPSA) is 95.7 Å². The lowest BCUT2D eigenvalue weighted by molar-refractivity contribution is -0.122. The number of nitrogens with one attached hydrogen (secondary N) is 2. The van der Waals surface area contributed by atoms with Gasteiger partial charge in [-0.2, -0.15) is 0 Å². The summed E-state index contributed by atoms with van der Waals surface area (Å²) in [6.45, 7) is 5.18. The van der Waals surface area contributed by atoms with Gasteiger partial charge in [-0.25, -0.2) is 4.98 Å². The molecule has 146 valence electrons. The zero-order valence-corrected chi connectivity index (χ0v) is 16.2. The largest absolute Gasteiger partial charge is 0.394 e. The third-order valence-electron chi connectivity index (χ3n) is 4.37. The van der Waals surface area contributed by atoms with Crippen molar-refractivity contribution in [3.8, 4) is 0 Å². The Morgan fingerprint density at radius 2 is 1.86 bits per heavy atom. The average Bonchev–Trinajstić information content (AvgIpc) is 2.98. The molecule has 3 rings (SSSR count). The smallest absolute Gasteiger partial charge is 0.274 e. The number of pyridine rings is 1. The van der Waals surface area contributed by atoms with Crippen molar-refractivity contribution in [3.63, 3.8) is 0 Å². The Labute approximate surface area is 163 Å². The summed E-state index contributed by atoms with van der Waals surface area (Å²) in [6.07, 6.45) is 2.00. The SMILES string of the molecule is Cc1nc2ccccn2c1C(=O)Nc1ccc(CC(=O)NC(C)(C)CO)cc1. The van der Waals surface area contributed by atoms with Gasteiger partial charge in [-0.3, -0.25) is 14.0 Å². The van der Waals surface area contributed by atoms with Gasteiger partial charge in [-0.15, -0.1) is 0 Å². The number of anilines is 1. The molecule has 0 saturated heterocycles. The number of hydrogen-bond donors (Lipinski definition) is 3. The molecule has 0 atom stereocenters. The van der Waals surface area contributed by atoms with Gasteiger partial charge in [0.1, 0.15) is 11.3 Å². The van der Waals surface area contributed by atoms with Crippen LogP contribution in [0, 0.1) is 6.92 Å². The van der Waals surface area contributed by atoms with Crippen molar-refractivity contribution >= 4 is 23.1 Å². The molecule has 2 aromatic heterocycles. The van der Waals surface area contributed by atoms with Gasteiger partial charge in [0.2, 0.25) is 5.91 Å². The first-order valence-electron chi connectivity index (χ1n) is 9.05. The van der Waals surface area contributed by atoms with E-state index < -0.39 is 5.54 Å². The minimum Gasteiger partial charge on any atom is -0.394 e. The van der Waals surface area contributed by atoms with Gasteiger partial charge in [-0.1, -0.05) is 18.2 Å². The molecule has 28 heavy (non-hydrogen) atoms. The van der Waals surface area contributed by atoms with Gasteiger partial charge in [0.25, 0.3) is 5.91 Å². The minimum atomic E-state index is -0.656. The number of aliphatic hydroxyl groups is 1. The summed E-state index contributed by atoms with van der Waals surface area (Å²) >= 11 is 0. The predicted octanol–water partition coefficient (Wildman–Crippen LogP) is 2.32. The maximum absolute atomic E-state index is 12.7. The van der Waals surface area contributed by atoms with Crippen LogP contribution in [0.4, 0.5) is 5.69 Å². The van der Waals surface area contributed by atoms with Crippen molar-refractivity contribution in [3.05, 3.63) is 65.6 Å². The van der Waals surface area contributed by atoms with Crippen LogP contribution in [0.2, 0.25) is 0 Å². The van der Waals surface area contributed by atoms with Crippen molar-refractivity contribution in [1.29, 1.82) is 0 Å². The summed E-state index contributed by atoms with van der Waals surface area (Å²) in [5, 5.41) is 14.9. The lowest BCUT2D eigenvalue weighted by atomic mass is 10.1. The highest BCUT2D eigenvalue weighted by Crippen LogP contribution is 2.16. The van der Waals surface area contributed by atoms with E-state index in [0.717, 1.165) is 11.2 Å². The van der Waals surface area contributed by atoms with E-state index in [1.54, 1.807) is 55.6 Å². The second-order valence-electron chi connectivity index (χ2n) is 7.39. The Hall–Kier alpha value is -3.19. The van der Waals surface area contributed by atoms with Crippen LogP contribution in [-0.4, -0.2) is 38.5 Å². The van der Waals surface area contributed by atoms with Crippen LogP contribution in [0.25, 0.3) is 5.65 Å². The molecule has 1 aromatic carbocycles. The van der Waals surface area contributed by atoms with Crippen molar-refractivity contribution in [2.24, 2.45) is 0 Å². The van der Waals surface area contributed by atoms with E-state index >= 15 is 0 Å². The molecule has 0 aliphatic rings. The van der Waals surface area contributed by atoms with Crippen molar-refractivity contribution in [1.82, 2.24) is 14.7 Å². The van der Waals surface area contributed by atoms with Gasteiger partial charge in [0, 0.05) is 11.9 Å². The highest BCUT2D eigenvalue weighted by molar-refractivity contribution is 6.04. The fourth-order valence-corrected chi connectivity index (χ4v) is 2.93. The molecule has 3 N–H and O–H groups in total. The first-order chi connectivity index (χ1) is 13.3. The van der Waals surface area contributed by atoms with Crippen molar-refractivity contribution < 1.29 is 14.7 Å². The lowest BCUT2D eigenvalue weighted by Gasteiger charge is -2.23. The van der Waals surface area contributed by atoms with Crippen LogP contribution in [0.3, 0.4) is 0 Å². The average molecular weight is 380 g/mol. The number of aryl methyl sites for hydroxylation is 1. The van der Waals surface area contributed by atoms with Crippen LogP contribution in [0.15, 0.2) is 48.7 Å². The number of aliphatic hydroxyl groups excluding tert-OH is 1. The molecule has 0 saturated carbocycles. The molecular weight excluding hydrogens is 356 g/mol. The predicted molar refractivity (Wildman–Crippen MR) is 107 cm³/mol. The highest BCUT2D eigenvalue weighted by atomic mass is 16.3. The second-order valence-corrected chi connectivity index (χ2v) is 7.39. The molecule has 0 bridgehead atoms. The third kappa shape index (κ3) is 4.37. The summed E-state index contributed by atoms with van der Waals surface area (Å²) < 4.78 is 1.76. The molecule has 0 unspecified atom stereocenters. The molecular formula is C21H24N4O3. The van der Waals surface area contributed by atoms with E-state index in [9.17, 15) is 14.7 Å². The Kier molecular flexibility index (Phi) is 5.46. The number of aromatic nitrogens is 2. The molecule has 2 heterocycles. The molecule has 0 fully saturated rings. The van der Waals surface area contributed by atoms with E-state index in [-0.39, 0.29) is 24.8 Å². The summed E-state index contributed by atoms with van der Waals surface area (Å²) in [6, 6.07) is 12.7. The van der Waals surface area contributed by atoms with Gasteiger partial charge >= 0.3 is 0 Å². The van der Waals surface area contributed by atoms with Gasteiger partial charge < -0.3 is 15.7 Å². The van der Waals surface area contributed by atoms with E-state index in [1.807, 2.05) is 18.2 Å². The summed E-state index contributed by atoms with van der Waals surface area (Å²) in [7, 11) is 0. The number of benzene rings is 1. The molecule has 7 nitrogen and oxygen atoms in total. The Morgan fingerprint density at radius 3 is 2.54 bits per heavy atom. The van der Waals surface area contributed by atoms with Crippen LogP contribution in [-0.2, 0) is 11.2 Å². The van der Waals surface area contributed by atoms with Gasteiger partial charge in [0.05, 0.1) is 24.3 Å². The standard InChI is InChI=1S/C21H24N4O3/c1-14-19(25-11-5-4-6-17(25)22-14)20(28)23-16-9-7-15(8-10-16)12-18(27)24-21(2,3)13-26/h4-11,26H,12-13H2,1-3H3,(H,23,28)(H,24,27). The maximum atomic E-state index is 12.7. The summed E-state index contributed by atoms with van der Waals surface area (Å²) in [4.78, 5) is 29.2. The number of rotatable bonds is 6. The molecule has 0 aliphatic heterocycles. The van der Waals surface area contributed by atoms with E-state index in [4.69, 9.17) is 0 Å². The minimum absolute atomic E-state index is 0.133. The van der Waals surface area contributed by atoms with Crippen molar-refractivity contribution in [2.45, 2.75) is 32.7 Å².